The second-order valence-corrected chi connectivity index (χ2v) is 8.62. The smallest absolute Gasteiger partial charge is 0.241 e. The van der Waals surface area contributed by atoms with Gasteiger partial charge in [-0.25, -0.2) is 21.6 Å². The Bertz CT molecular complexity index is 952. The van der Waals surface area contributed by atoms with Gasteiger partial charge in [-0.15, -0.1) is 0 Å². The maximum absolute atomic E-state index is 12.5. The highest BCUT2D eigenvalue weighted by Crippen LogP contribution is 2.23. The lowest BCUT2D eigenvalue weighted by Crippen LogP contribution is -2.45. The van der Waals surface area contributed by atoms with Crippen molar-refractivity contribution in [2.75, 3.05) is 0 Å². The number of hydrogen-bond acceptors (Lipinski definition) is 6. The number of carbonyl (C=O) groups excluding carboxylic acids is 1. The van der Waals surface area contributed by atoms with Gasteiger partial charge in [-0.05, 0) is 37.3 Å². The minimum atomic E-state index is -4.20. The first-order valence-electron chi connectivity index (χ1n) is 6.78. The third-order valence-corrected chi connectivity index (χ3v) is 6.47. The molecule has 0 bridgehead atoms. The highest BCUT2D eigenvalue weighted by molar-refractivity contribution is 7.91. The average molecular weight is 368 g/mol. The first kappa shape index (κ1) is 18.1. The molecule has 1 N–H and O–H groups in total. The minimum absolute atomic E-state index is 0.0237. The van der Waals surface area contributed by atoms with Gasteiger partial charge in [0, 0.05) is 0 Å². The first-order valence-corrected chi connectivity index (χ1v) is 9.74. The number of aliphatic carboxylic acids is 1. The number of carbonyl (C=O) groups is 1. The monoisotopic (exact) mass is 368 g/mol. The van der Waals surface area contributed by atoms with Gasteiger partial charge in [0.15, 0.2) is 0 Å². The van der Waals surface area contributed by atoms with Crippen LogP contribution in [0, 0.1) is 0 Å². The summed E-state index contributed by atoms with van der Waals surface area (Å²) in [5, 5.41) is 10.7. The zero-order chi connectivity index (χ0) is 18.0. The van der Waals surface area contributed by atoms with Gasteiger partial charge in [0.05, 0.1) is 26.7 Å². The van der Waals surface area contributed by atoms with E-state index in [0.717, 1.165) is 13.0 Å². The molecule has 0 aliphatic carbocycles. The second-order valence-electron chi connectivity index (χ2n) is 4.95. The van der Waals surface area contributed by atoms with Gasteiger partial charge < -0.3 is 9.90 Å². The lowest BCUT2D eigenvalue weighted by atomic mass is 10.4. The third kappa shape index (κ3) is 3.81. The molecule has 128 valence electrons. The van der Waals surface area contributed by atoms with Gasteiger partial charge in [0.25, 0.3) is 0 Å². The van der Waals surface area contributed by atoms with Gasteiger partial charge in [-0.1, -0.05) is 24.3 Å². The number of benzene rings is 2. The van der Waals surface area contributed by atoms with E-state index in [-0.39, 0.29) is 14.7 Å². The summed E-state index contributed by atoms with van der Waals surface area (Å²) in [7, 11) is -8.09. The van der Waals surface area contributed by atoms with Crippen LogP contribution in [0.15, 0.2) is 69.3 Å². The van der Waals surface area contributed by atoms with Crippen LogP contribution in [0.5, 0.6) is 0 Å². The number of hydrogen-bond donors (Lipinski definition) is 1. The Kier molecular flexibility index (Phi) is 5.07. The predicted octanol–water partition coefficient (Wildman–Crippen LogP) is -0.0639. The number of nitrogens with one attached hydrogen (secondary N) is 1. The maximum Gasteiger partial charge on any atom is 0.241 e. The molecule has 0 unspecified atom stereocenters. The van der Waals surface area contributed by atoms with E-state index in [1.807, 2.05) is 4.72 Å². The summed E-state index contributed by atoms with van der Waals surface area (Å²) in [6, 6.07) is 10.8. The molecule has 0 saturated heterocycles. The summed E-state index contributed by atoms with van der Waals surface area (Å²) < 4.78 is 51.3. The molecule has 0 aromatic heterocycles. The van der Waals surface area contributed by atoms with Crippen molar-refractivity contribution < 1.29 is 26.7 Å². The van der Waals surface area contributed by atoms with Gasteiger partial charge in [-0.2, -0.15) is 0 Å². The Balaban J connectivity index is 2.45. The summed E-state index contributed by atoms with van der Waals surface area (Å²) in [5.74, 6) is -1.59. The predicted molar refractivity (Wildman–Crippen MR) is 83.1 cm³/mol. The van der Waals surface area contributed by atoms with E-state index in [1.165, 1.54) is 30.3 Å². The number of rotatable bonds is 6. The molecule has 0 heterocycles. The summed E-state index contributed by atoms with van der Waals surface area (Å²) in [6.07, 6.45) is 0. The van der Waals surface area contributed by atoms with Crippen LogP contribution < -0.4 is 9.83 Å². The normalized spacial score (nSPS) is 13.4. The fraction of sp³-hybridized carbons (Fsp3) is 0.133. The molecule has 9 heteroatoms. The zero-order valence-electron chi connectivity index (χ0n) is 12.5. The van der Waals surface area contributed by atoms with Crippen LogP contribution in [-0.4, -0.2) is 28.8 Å². The van der Waals surface area contributed by atoms with Crippen LogP contribution in [0.4, 0.5) is 0 Å². The van der Waals surface area contributed by atoms with Crippen LogP contribution >= 0.6 is 0 Å². The molecule has 7 nitrogen and oxygen atoms in total. The van der Waals surface area contributed by atoms with E-state index in [9.17, 15) is 26.7 Å². The van der Waals surface area contributed by atoms with Crippen molar-refractivity contribution in [1.29, 1.82) is 0 Å². The third-order valence-electron chi connectivity index (χ3n) is 3.17. The fourth-order valence-electron chi connectivity index (χ4n) is 1.89. The van der Waals surface area contributed by atoms with Gasteiger partial charge in [0.2, 0.25) is 19.9 Å². The molecular weight excluding hydrogens is 354 g/mol. The van der Waals surface area contributed by atoms with Crippen molar-refractivity contribution in [2.45, 2.75) is 27.7 Å². The number of carboxylic acids is 1. The molecule has 0 radical (unpaired) electrons. The fourth-order valence-corrected chi connectivity index (χ4v) is 4.53. The largest absolute Gasteiger partial charge is 0.548 e. The van der Waals surface area contributed by atoms with Crippen LogP contribution in [0.2, 0.25) is 0 Å². The molecule has 0 aliphatic heterocycles. The Labute approximate surface area is 139 Å². The van der Waals surface area contributed by atoms with Gasteiger partial charge in [-0.3, -0.25) is 0 Å². The van der Waals surface area contributed by atoms with E-state index in [1.54, 1.807) is 18.2 Å². The van der Waals surface area contributed by atoms with Crippen molar-refractivity contribution >= 4 is 25.8 Å². The van der Waals surface area contributed by atoms with Crippen molar-refractivity contribution in [3.63, 3.8) is 0 Å². The Morgan fingerprint density at radius 1 is 0.917 bits per heavy atom. The highest BCUT2D eigenvalue weighted by Gasteiger charge is 2.22. The summed E-state index contributed by atoms with van der Waals surface area (Å²) >= 11 is 0. The van der Waals surface area contributed by atoms with Gasteiger partial charge >= 0.3 is 0 Å². The average Bonchev–Trinajstić information content (AvgIpc) is 2.55. The molecule has 0 aliphatic rings. The molecule has 0 amide bonds. The lowest BCUT2D eigenvalue weighted by Gasteiger charge is -2.15. The number of carboxylic acid groups (broad SMARTS) is 1. The maximum atomic E-state index is 12.5. The van der Waals surface area contributed by atoms with Crippen LogP contribution in [0.3, 0.4) is 0 Å². The standard InChI is InChI=1S/C15H15NO6S2/c1-11(15(17)18)16-24(21,22)14-9-5-8-13(10-14)23(19,20)12-6-3-2-4-7-12/h2-11,16H,1H3,(H,17,18)/p-1/t11-/m0/s1. The Morgan fingerprint density at radius 3 is 2.04 bits per heavy atom. The lowest BCUT2D eigenvalue weighted by molar-refractivity contribution is -0.307. The van der Waals surface area contributed by atoms with E-state index >= 15 is 0 Å². The molecule has 24 heavy (non-hydrogen) atoms. The van der Waals surface area contributed by atoms with Crippen molar-refractivity contribution in [2.24, 2.45) is 0 Å². The molecule has 0 fully saturated rings. The SMILES string of the molecule is C[C@H](NS(=O)(=O)c1cccc(S(=O)(=O)c2ccccc2)c1)C(=O)[O-]. The molecule has 0 spiro atoms. The molecular formula is C15H14NO6S2-. The van der Waals surface area contributed by atoms with Gasteiger partial charge in [0.1, 0.15) is 0 Å². The zero-order valence-corrected chi connectivity index (χ0v) is 14.2. The number of sulfone groups is 1. The van der Waals surface area contributed by atoms with E-state index in [0.29, 0.717) is 0 Å². The van der Waals surface area contributed by atoms with Crippen LogP contribution in [0.25, 0.3) is 0 Å². The summed E-state index contributed by atoms with van der Waals surface area (Å²) in [4.78, 5) is 10.1. The Morgan fingerprint density at radius 2 is 1.46 bits per heavy atom. The molecule has 2 rings (SSSR count). The number of sulfonamides is 1. The van der Waals surface area contributed by atoms with Crippen LogP contribution in [0.1, 0.15) is 6.92 Å². The van der Waals surface area contributed by atoms with E-state index in [4.69, 9.17) is 0 Å². The molecule has 2 aromatic rings. The quantitative estimate of drug-likeness (QED) is 0.762. The molecule has 0 saturated carbocycles. The summed E-state index contributed by atoms with van der Waals surface area (Å²) in [5.41, 5.74) is 0. The Hall–Kier alpha value is -2.23. The molecule has 1 atom stereocenters. The second kappa shape index (κ2) is 6.71. The van der Waals surface area contributed by atoms with Crippen LogP contribution in [-0.2, 0) is 24.7 Å². The summed E-state index contributed by atoms with van der Waals surface area (Å²) in [6.45, 7) is 1.11. The van der Waals surface area contributed by atoms with E-state index < -0.39 is 31.9 Å². The van der Waals surface area contributed by atoms with E-state index in [2.05, 4.69) is 0 Å². The minimum Gasteiger partial charge on any atom is -0.548 e. The van der Waals surface area contributed by atoms with Crippen molar-refractivity contribution in [1.82, 2.24) is 4.72 Å². The highest BCUT2D eigenvalue weighted by atomic mass is 32.2. The van der Waals surface area contributed by atoms with Crippen molar-refractivity contribution in [3.8, 4) is 0 Å². The van der Waals surface area contributed by atoms with Crippen molar-refractivity contribution in [3.05, 3.63) is 54.6 Å². The topological polar surface area (TPSA) is 120 Å². The first-order chi connectivity index (χ1) is 11.1. The molecule has 2 aromatic carbocycles.